The molecule has 0 spiro atoms. The average molecular weight is 268 g/mol. The Labute approximate surface area is 120 Å². The van der Waals surface area contributed by atoms with Crippen molar-refractivity contribution in [2.75, 3.05) is 5.32 Å². The lowest BCUT2D eigenvalue weighted by Gasteiger charge is -2.10. The van der Waals surface area contributed by atoms with Crippen LogP contribution in [0, 0.1) is 6.92 Å². The van der Waals surface area contributed by atoms with Crippen molar-refractivity contribution in [1.29, 1.82) is 0 Å². The monoisotopic (exact) mass is 268 g/mol. The van der Waals surface area contributed by atoms with Gasteiger partial charge in [-0.15, -0.1) is 0 Å². The van der Waals surface area contributed by atoms with Crippen LogP contribution >= 0.6 is 0 Å². The van der Waals surface area contributed by atoms with Crippen LogP contribution in [0.1, 0.15) is 47.8 Å². The summed E-state index contributed by atoms with van der Waals surface area (Å²) in [7, 11) is 0. The van der Waals surface area contributed by atoms with Crippen molar-refractivity contribution in [2.24, 2.45) is 0 Å². The maximum absolute atomic E-state index is 12.0. The van der Waals surface area contributed by atoms with Gasteiger partial charge in [0.05, 0.1) is 5.56 Å². The second-order valence-corrected chi connectivity index (χ2v) is 5.07. The Bertz CT molecular complexity index is 573. The first-order chi connectivity index (χ1) is 9.60. The van der Waals surface area contributed by atoms with Gasteiger partial charge < -0.3 is 5.32 Å². The lowest BCUT2D eigenvalue weighted by molar-refractivity contribution is 0.102. The number of aryl methyl sites for hydroxylation is 1. The van der Waals surface area contributed by atoms with Crippen LogP contribution in [-0.4, -0.2) is 10.9 Å². The maximum atomic E-state index is 12.0. The van der Waals surface area contributed by atoms with Crippen molar-refractivity contribution in [1.82, 2.24) is 4.98 Å². The van der Waals surface area contributed by atoms with Crippen molar-refractivity contribution in [3.63, 3.8) is 0 Å². The van der Waals surface area contributed by atoms with E-state index in [-0.39, 0.29) is 5.91 Å². The summed E-state index contributed by atoms with van der Waals surface area (Å²) in [4.78, 5) is 16.2. The van der Waals surface area contributed by atoms with Gasteiger partial charge in [-0.05, 0) is 49.1 Å². The first-order valence-electron chi connectivity index (χ1n) is 6.94. The van der Waals surface area contributed by atoms with E-state index in [0.29, 0.717) is 11.5 Å². The topological polar surface area (TPSA) is 42.0 Å². The van der Waals surface area contributed by atoms with Crippen molar-refractivity contribution >= 4 is 11.6 Å². The summed E-state index contributed by atoms with van der Waals surface area (Å²) in [6.07, 6.45) is 2.71. The van der Waals surface area contributed by atoms with Crippen molar-refractivity contribution in [3.05, 3.63) is 59.4 Å². The molecule has 2 aromatic rings. The first kappa shape index (κ1) is 14.3. The van der Waals surface area contributed by atoms with Crippen LogP contribution in [0.25, 0.3) is 0 Å². The lowest BCUT2D eigenvalue weighted by atomic mass is 9.98. The molecule has 3 heteroatoms. The number of rotatable bonds is 4. The van der Waals surface area contributed by atoms with E-state index in [0.717, 1.165) is 17.8 Å². The number of anilines is 1. The zero-order chi connectivity index (χ0) is 14.5. The van der Waals surface area contributed by atoms with E-state index in [1.165, 1.54) is 5.56 Å². The normalized spacial score (nSPS) is 11.9. The van der Waals surface area contributed by atoms with Gasteiger partial charge in [0, 0.05) is 17.6 Å². The fourth-order valence-electron chi connectivity index (χ4n) is 1.94. The van der Waals surface area contributed by atoms with Gasteiger partial charge in [-0.25, -0.2) is 0 Å². The van der Waals surface area contributed by atoms with Gasteiger partial charge in [0.25, 0.3) is 5.91 Å². The van der Waals surface area contributed by atoms with E-state index >= 15 is 0 Å². The standard InChI is InChI=1S/C17H20N2O/c1-4-12(2)14-7-9-16(10-8-14)19-17(20)15-6-5-13(3)18-11-15/h5-12H,4H2,1-3H3,(H,19,20). The molecule has 0 fully saturated rings. The molecule has 1 unspecified atom stereocenters. The minimum Gasteiger partial charge on any atom is -0.322 e. The first-order valence-corrected chi connectivity index (χ1v) is 6.94. The molecule has 1 heterocycles. The van der Waals surface area contributed by atoms with Crippen LogP contribution in [0.4, 0.5) is 5.69 Å². The number of nitrogens with zero attached hydrogens (tertiary/aromatic N) is 1. The number of carbonyl (C=O) groups is 1. The van der Waals surface area contributed by atoms with Crippen LogP contribution < -0.4 is 5.32 Å². The van der Waals surface area contributed by atoms with E-state index in [9.17, 15) is 4.79 Å². The second-order valence-electron chi connectivity index (χ2n) is 5.07. The molecule has 0 aliphatic heterocycles. The Morgan fingerprint density at radius 1 is 1.20 bits per heavy atom. The van der Waals surface area contributed by atoms with E-state index < -0.39 is 0 Å². The predicted octanol–water partition coefficient (Wildman–Crippen LogP) is 4.16. The van der Waals surface area contributed by atoms with Gasteiger partial charge in [0.2, 0.25) is 0 Å². The molecule has 0 saturated carbocycles. The van der Waals surface area contributed by atoms with Gasteiger partial charge in [0.1, 0.15) is 0 Å². The summed E-state index contributed by atoms with van der Waals surface area (Å²) in [5, 5.41) is 2.88. The zero-order valence-electron chi connectivity index (χ0n) is 12.2. The summed E-state index contributed by atoms with van der Waals surface area (Å²) in [5.74, 6) is 0.412. The average Bonchev–Trinajstić information content (AvgIpc) is 2.48. The minimum atomic E-state index is -0.131. The Morgan fingerprint density at radius 3 is 2.45 bits per heavy atom. The van der Waals surface area contributed by atoms with Crippen molar-refractivity contribution in [3.8, 4) is 0 Å². The molecule has 0 aliphatic rings. The third-order valence-corrected chi connectivity index (χ3v) is 3.52. The Morgan fingerprint density at radius 2 is 1.90 bits per heavy atom. The number of hydrogen-bond donors (Lipinski definition) is 1. The molecular formula is C17H20N2O. The summed E-state index contributed by atoms with van der Waals surface area (Å²) >= 11 is 0. The molecule has 3 nitrogen and oxygen atoms in total. The van der Waals surface area contributed by atoms with Gasteiger partial charge >= 0.3 is 0 Å². The number of carbonyl (C=O) groups excluding carboxylic acids is 1. The molecule has 1 atom stereocenters. The molecule has 1 aromatic heterocycles. The van der Waals surface area contributed by atoms with Gasteiger partial charge in [-0.3, -0.25) is 9.78 Å². The molecule has 0 bridgehead atoms. The highest BCUT2D eigenvalue weighted by Crippen LogP contribution is 2.20. The van der Waals surface area contributed by atoms with Gasteiger partial charge in [-0.1, -0.05) is 26.0 Å². The van der Waals surface area contributed by atoms with Gasteiger partial charge in [0.15, 0.2) is 0 Å². The third-order valence-electron chi connectivity index (χ3n) is 3.52. The van der Waals surface area contributed by atoms with Crippen LogP contribution in [0.15, 0.2) is 42.6 Å². The Kier molecular flexibility index (Phi) is 4.51. The number of benzene rings is 1. The highest BCUT2D eigenvalue weighted by molar-refractivity contribution is 6.04. The SMILES string of the molecule is CCC(C)c1ccc(NC(=O)c2ccc(C)nc2)cc1. The molecule has 20 heavy (non-hydrogen) atoms. The highest BCUT2D eigenvalue weighted by atomic mass is 16.1. The maximum Gasteiger partial charge on any atom is 0.257 e. The third kappa shape index (κ3) is 3.44. The van der Waals surface area contributed by atoms with Crippen molar-refractivity contribution in [2.45, 2.75) is 33.1 Å². The molecule has 0 saturated heterocycles. The van der Waals surface area contributed by atoms with Crippen molar-refractivity contribution < 1.29 is 4.79 Å². The molecule has 0 radical (unpaired) electrons. The Hall–Kier alpha value is -2.16. The molecule has 104 valence electrons. The molecule has 1 N–H and O–H groups in total. The summed E-state index contributed by atoms with van der Waals surface area (Å²) < 4.78 is 0. The van der Waals surface area contributed by atoms with E-state index in [1.807, 2.05) is 25.1 Å². The quantitative estimate of drug-likeness (QED) is 0.904. The van der Waals surface area contributed by atoms with Crippen LogP contribution in [0.3, 0.4) is 0 Å². The highest BCUT2D eigenvalue weighted by Gasteiger charge is 2.07. The smallest absolute Gasteiger partial charge is 0.257 e. The molecular weight excluding hydrogens is 248 g/mol. The van der Waals surface area contributed by atoms with Gasteiger partial charge in [-0.2, -0.15) is 0 Å². The molecule has 1 amide bonds. The second kappa shape index (κ2) is 6.33. The van der Waals surface area contributed by atoms with E-state index in [2.05, 4.69) is 36.3 Å². The fraction of sp³-hybridized carbons (Fsp3) is 0.294. The number of nitrogens with one attached hydrogen (secondary N) is 1. The summed E-state index contributed by atoms with van der Waals surface area (Å²) in [5.41, 5.74) is 3.58. The molecule has 0 aliphatic carbocycles. The number of aromatic nitrogens is 1. The summed E-state index contributed by atoms with van der Waals surface area (Å²) in [6.45, 7) is 6.27. The fourth-order valence-corrected chi connectivity index (χ4v) is 1.94. The predicted molar refractivity (Wildman–Crippen MR) is 82.1 cm³/mol. The zero-order valence-corrected chi connectivity index (χ0v) is 12.2. The van der Waals surface area contributed by atoms with Crippen LogP contribution in [-0.2, 0) is 0 Å². The molecule has 1 aromatic carbocycles. The largest absolute Gasteiger partial charge is 0.322 e. The number of hydrogen-bond acceptors (Lipinski definition) is 2. The minimum absolute atomic E-state index is 0.131. The molecule has 2 rings (SSSR count). The number of pyridine rings is 1. The Balaban J connectivity index is 2.06. The summed E-state index contributed by atoms with van der Waals surface area (Å²) in [6, 6.07) is 11.6. The van der Waals surface area contributed by atoms with E-state index in [1.54, 1.807) is 12.3 Å². The lowest BCUT2D eigenvalue weighted by Crippen LogP contribution is -2.12. The van der Waals surface area contributed by atoms with E-state index in [4.69, 9.17) is 0 Å². The van der Waals surface area contributed by atoms with Crippen LogP contribution in [0.5, 0.6) is 0 Å². The van der Waals surface area contributed by atoms with Crippen LogP contribution in [0.2, 0.25) is 0 Å². The number of amides is 1.